The Morgan fingerprint density at radius 1 is 1.06 bits per heavy atom. The van der Waals surface area contributed by atoms with Crippen LogP contribution in [0.3, 0.4) is 0 Å². The maximum Gasteiger partial charge on any atom is 0.260 e. The molecular formula is C25H27NO7. The first kappa shape index (κ1) is 22.7. The summed E-state index contributed by atoms with van der Waals surface area (Å²) in [4.78, 5) is 27.0. The van der Waals surface area contributed by atoms with Gasteiger partial charge in [0.25, 0.3) is 5.91 Å². The van der Waals surface area contributed by atoms with Gasteiger partial charge in [0.15, 0.2) is 23.9 Å². The number of carbonyl (C=O) groups is 2. The normalized spacial score (nSPS) is 20.9. The zero-order valence-electron chi connectivity index (χ0n) is 19.1. The number of Topliss-reactive ketones (excluding diaryl/α,β-unsaturated/α-hetero) is 1. The first-order chi connectivity index (χ1) is 15.9. The summed E-state index contributed by atoms with van der Waals surface area (Å²) in [5.74, 6) is 1.86. The number of hydrogen-bond donors (Lipinski definition) is 0. The van der Waals surface area contributed by atoms with Crippen LogP contribution in [0.1, 0.15) is 29.8 Å². The van der Waals surface area contributed by atoms with Crippen LogP contribution in [0.5, 0.6) is 23.0 Å². The Morgan fingerprint density at radius 3 is 2.48 bits per heavy atom. The molecule has 0 N–H and O–H groups in total. The smallest absolute Gasteiger partial charge is 0.260 e. The lowest BCUT2D eigenvalue weighted by molar-refractivity contribution is -0.145. The van der Waals surface area contributed by atoms with E-state index < -0.39 is 0 Å². The zero-order valence-corrected chi connectivity index (χ0v) is 19.1. The van der Waals surface area contributed by atoms with Crippen LogP contribution >= 0.6 is 0 Å². The summed E-state index contributed by atoms with van der Waals surface area (Å²) in [6, 6.07) is 10.3. The fourth-order valence-corrected chi connectivity index (χ4v) is 3.97. The fourth-order valence-electron chi connectivity index (χ4n) is 3.97. The number of ether oxygens (including phenoxy) is 5. The number of nitrogens with zero attached hydrogens (tertiary/aromatic N) is 1. The van der Waals surface area contributed by atoms with Crippen LogP contribution in [0, 0.1) is 0 Å². The Labute approximate surface area is 192 Å². The van der Waals surface area contributed by atoms with E-state index in [1.165, 1.54) is 0 Å². The third-order valence-electron chi connectivity index (χ3n) is 5.48. The van der Waals surface area contributed by atoms with E-state index in [1.807, 2.05) is 19.9 Å². The number of fused-ring (bicyclic) bond motifs is 1. The third-order valence-corrected chi connectivity index (χ3v) is 5.48. The Bertz CT molecular complexity index is 1080. The highest BCUT2D eigenvalue weighted by molar-refractivity contribution is 6.14. The molecular weight excluding hydrogens is 426 g/mol. The highest BCUT2D eigenvalue weighted by Crippen LogP contribution is 2.36. The van der Waals surface area contributed by atoms with Crippen molar-refractivity contribution in [2.24, 2.45) is 0 Å². The van der Waals surface area contributed by atoms with Gasteiger partial charge in [-0.3, -0.25) is 9.59 Å². The van der Waals surface area contributed by atoms with Gasteiger partial charge in [-0.25, -0.2) is 0 Å². The van der Waals surface area contributed by atoms with Crippen LogP contribution in [-0.2, 0) is 9.53 Å². The number of carbonyl (C=O) groups excluding carboxylic acids is 2. The van der Waals surface area contributed by atoms with Gasteiger partial charge in [-0.15, -0.1) is 0 Å². The molecule has 0 aromatic heterocycles. The predicted molar refractivity (Wildman–Crippen MR) is 121 cm³/mol. The number of benzene rings is 2. The Kier molecular flexibility index (Phi) is 6.55. The fraction of sp³-hybridized carbons (Fsp3) is 0.360. The van der Waals surface area contributed by atoms with Crippen molar-refractivity contribution in [1.29, 1.82) is 0 Å². The minimum atomic E-state index is -0.223. The molecule has 0 aliphatic carbocycles. The largest absolute Gasteiger partial charge is 0.493 e. The minimum Gasteiger partial charge on any atom is -0.493 e. The van der Waals surface area contributed by atoms with Gasteiger partial charge >= 0.3 is 0 Å². The Hall–Kier alpha value is -3.52. The van der Waals surface area contributed by atoms with E-state index in [2.05, 4.69) is 0 Å². The maximum atomic E-state index is 12.8. The molecule has 0 spiro atoms. The molecule has 2 heterocycles. The van der Waals surface area contributed by atoms with Gasteiger partial charge in [0.1, 0.15) is 11.5 Å². The molecule has 2 aromatic rings. The van der Waals surface area contributed by atoms with E-state index in [-0.39, 0.29) is 36.3 Å². The van der Waals surface area contributed by atoms with Crippen LogP contribution in [0.4, 0.5) is 0 Å². The van der Waals surface area contributed by atoms with Crippen LogP contribution in [0.15, 0.2) is 42.2 Å². The lowest BCUT2D eigenvalue weighted by Gasteiger charge is -2.35. The molecule has 8 heteroatoms. The lowest BCUT2D eigenvalue weighted by Crippen LogP contribution is -2.49. The number of hydrogen-bond acceptors (Lipinski definition) is 7. The number of rotatable bonds is 6. The van der Waals surface area contributed by atoms with Gasteiger partial charge in [0.2, 0.25) is 5.78 Å². The molecule has 2 atom stereocenters. The van der Waals surface area contributed by atoms with Crippen molar-refractivity contribution in [3.8, 4) is 23.0 Å². The maximum absolute atomic E-state index is 12.8. The molecule has 0 radical (unpaired) electrons. The van der Waals surface area contributed by atoms with Crippen molar-refractivity contribution in [3.05, 3.63) is 53.3 Å². The van der Waals surface area contributed by atoms with Gasteiger partial charge in [0, 0.05) is 19.2 Å². The molecule has 1 saturated heterocycles. The Morgan fingerprint density at radius 2 is 1.79 bits per heavy atom. The van der Waals surface area contributed by atoms with Crippen molar-refractivity contribution in [3.63, 3.8) is 0 Å². The topological polar surface area (TPSA) is 83.5 Å². The van der Waals surface area contributed by atoms with Gasteiger partial charge in [-0.2, -0.15) is 0 Å². The first-order valence-corrected chi connectivity index (χ1v) is 10.7. The quantitative estimate of drug-likeness (QED) is 0.621. The SMILES string of the molecule is COc1ccc(C=C2Oc3cc(OCC(=O)N4CC(C)OC(C)C4)ccc3C2=O)cc1OC. The number of ketones is 1. The van der Waals surface area contributed by atoms with Crippen molar-refractivity contribution in [2.75, 3.05) is 33.9 Å². The van der Waals surface area contributed by atoms with Gasteiger partial charge in [-0.05, 0) is 49.8 Å². The van der Waals surface area contributed by atoms with Gasteiger partial charge in [-0.1, -0.05) is 6.07 Å². The van der Waals surface area contributed by atoms with Crippen LogP contribution in [0.2, 0.25) is 0 Å². The average molecular weight is 453 g/mol. The molecule has 0 bridgehead atoms. The molecule has 2 aliphatic rings. The molecule has 8 nitrogen and oxygen atoms in total. The van der Waals surface area contributed by atoms with E-state index in [0.29, 0.717) is 41.7 Å². The molecule has 33 heavy (non-hydrogen) atoms. The molecule has 1 fully saturated rings. The number of methoxy groups -OCH3 is 2. The van der Waals surface area contributed by atoms with Crippen LogP contribution < -0.4 is 18.9 Å². The summed E-state index contributed by atoms with van der Waals surface area (Å²) in [6.45, 7) is 4.87. The summed E-state index contributed by atoms with van der Waals surface area (Å²) >= 11 is 0. The molecule has 4 rings (SSSR count). The average Bonchev–Trinajstić information content (AvgIpc) is 3.11. The van der Waals surface area contributed by atoms with Crippen molar-refractivity contribution >= 4 is 17.8 Å². The molecule has 2 aliphatic heterocycles. The highest BCUT2D eigenvalue weighted by atomic mass is 16.5. The second kappa shape index (κ2) is 9.54. The summed E-state index contributed by atoms with van der Waals surface area (Å²) in [5.41, 5.74) is 1.18. The van der Waals surface area contributed by atoms with E-state index >= 15 is 0 Å². The van der Waals surface area contributed by atoms with Crippen LogP contribution in [-0.4, -0.2) is 62.7 Å². The van der Waals surface area contributed by atoms with Gasteiger partial charge in [0.05, 0.1) is 32.0 Å². The zero-order chi connectivity index (χ0) is 23.5. The van der Waals surface area contributed by atoms with Gasteiger partial charge < -0.3 is 28.6 Å². The second-order valence-corrected chi connectivity index (χ2v) is 8.06. The van der Waals surface area contributed by atoms with E-state index in [0.717, 1.165) is 5.56 Å². The summed E-state index contributed by atoms with van der Waals surface area (Å²) in [7, 11) is 3.11. The van der Waals surface area contributed by atoms with Crippen molar-refractivity contribution in [2.45, 2.75) is 26.1 Å². The molecule has 2 unspecified atom stereocenters. The van der Waals surface area contributed by atoms with Crippen molar-refractivity contribution in [1.82, 2.24) is 4.90 Å². The third kappa shape index (κ3) is 4.96. The number of morpholine rings is 1. The predicted octanol–water partition coefficient (Wildman–Crippen LogP) is 3.33. The second-order valence-electron chi connectivity index (χ2n) is 8.06. The summed E-state index contributed by atoms with van der Waals surface area (Å²) < 4.78 is 27.7. The molecule has 174 valence electrons. The lowest BCUT2D eigenvalue weighted by atomic mass is 10.1. The molecule has 0 saturated carbocycles. The summed E-state index contributed by atoms with van der Waals surface area (Å²) in [6.07, 6.45) is 1.63. The van der Waals surface area contributed by atoms with Crippen molar-refractivity contribution < 1.29 is 33.3 Å². The van der Waals surface area contributed by atoms with E-state index in [4.69, 9.17) is 23.7 Å². The first-order valence-electron chi connectivity index (χ1n) is 10.7. The highest BCUT2D eigenvalue weighted by Gasteiger charge is 2.29. The number of amides is 1. The molecule has 1 amide bonds. The Balaban J connectivity index is 1.43. The number of allylic oxidation sites excluding steroid dienone is 1. The standard InChI is InChI=1S/C25H27NO7/c1-15-12-26(13-16(2)32-15)24(27)14-31-18-6-7-19-21(11-18)33-23(25(19)28)10-17-5-8-20(29-3)22(9-17)30-4/h5-11,15-16H,12-14H2,1-4H3. The molecule has 2 aromatic carbocycles. The minimum absolute atomic E-state index is 0.00650. The summed E-state index contributed by atoms with van der Waals surface area (Å²) in [5, 5.41) is 0. The van der Waals surface area contributed by atoms with E-state index in [1.54, 1.807) is 55.5 Å². The monoisotopic (exact) mass is 453 g/mol. The van der Waals surface area contributed by atoms with E-state index in [9.17, 15) is 9.59 Å². The van der Waals surface area contributed by atoms with Crippen LogP contribution in [0.25, 0.3) is 6.08 Å².